The first-order valence-electron chi connectivity index (χ1n) is 7.47. The zero-order valence-electron chi connectivity index (χ0n) is 13.2. The smallest absolute Gasteiger partial charge is 0.275 e. The SMILES string of the molecule is CCn1ncc(Br)c1C(=O)Nc1cnn(Cc2ccc(F)cc2Cl)c1. The summed E-state index contributed by atoms with van der Waals surface area (Å²) in [6.07, 6.45) is 4.80. The summed E-state index contributed by atoms with van der Waals surface area (Å²) in [6, 6.07) is 4.21. The van der Waals surface area contributed by atoms with Gasteiger partial charge in [-0.1, -0.05) is 17.7 Å². The summed E-state index contributed by atoms with van der Waals surface area (Å²) < 4.78 is 16.9. The van der Waals surface area contributed by atoms with Crippen LogP contribution in [0, 0.1) is 5.82 Å². The van der Waals surface area contributed by atoms with Crippen LogP contribution in [0.1, 0.15) is 23.0 Å². The second-order valence-electron chi connectivity index (χ2n) is 5.27. The molecule has 0 spiro atoms. The molecule has 0 atom stereocenters. The van der Waals surface area contributed by atoms with Gasteiger partial charge in [-0.3, -0.25) is 14.2 Å². The molecule has 0 radical (unpaired) electrons. The number of rotatable bonds is 5. The molecule has 2 heterocycles. The van der Waals surface area contributed by atoms with Gasteiger partial charge < -0.3 is 5.32 Å². The van der Waals surface area contributed by atoms with Gasteiger partial charge in [0.15, 0.2) is 0 Å². The molecule has 1 amide bonds. The molecular formula is C16H14BrClFN5O. The third-order valence-corrected chi connectivity index (χ3v) is 4.48. The molecule has 6 nitrogen and oxygen atoms in total. The van der Waals surface area contributed by atoms with Gasteiger partial charge >= 0.3 is 0 Å². The molecule has 0 saturated carbocycles. The summed E-state index contributed by atoms with van der Waals surface area (Å²) in [5.41, 5.74) is 1.71. The van der Waals surface area contributed by atoms with Crippen molar-refractivity contribution in [1.82, 2.24) is 19.6 Å². The summed E-state index contributed by atoms with van der Waals surface area (Å²) in [5, 5.41) is 11.4. The van der Waals surface area contributed by atoms with Crippen molar-refractivity contribution >= 4 is 39.1 Å². The van der Waals surface area contributed by atoms with E-state index in [4.69, 9.17) is 11.6 Å². The van der Waals surface area contributed by atoms with Gasteiger partial charge in [-0.2, -0.15) is 10.2 Å². The van der Waals surface area contributed by atoms with Crippen LogP contribution in [0.5, 0.6) is 0 Å². The standard InChI is InChI=1S/C16H14BrClFN5O/c1-2-24-15(13(17)7-21-24)16(25)22-12-6-20-23(9-12)8-10-3-4-11(19)5-14(10)18/h3-7,9H,2,8H2,1H3,(H,22,25). The topological polar surface area (TPSA) is 64.7 Å². The maximum atomic E-state index is 13.1. The van der Waals surface area contributed by atoms with Crippen LogP contribution in [0.2, 0.25) is 5.02 Å². The van der Waals surface area contributed by atoms with Gasteiger partial charge in [-0.05, 0) is 40.5 Å². The maximum Gasteiger partial charge on any atom is 0.275 e. The van der Waals surface area contributed by atoms with Crippen molar-refractivity contribution in [2.45, 2.75) is 20.0 Å². The Morgan fingerprint density at radius 2 is 2.16 bits per heavy atom. The number of aryl methyl sites for hydroxylation is 1. The Labute approximate surface area is 156 Å². The minimum Gasteiger partial charge on any atom is -0.318 e. The molecule has 0 saturated heterocycles. The quantitative estimate of drug-likeness (QED) is 0.672. The molecule has 0 unspecified atom stereocenters. The molecule has 3 aromatic rings. The van der Waals surface area contributed by atoms with Crippen molar-refractivity contribution < 1.29 is 9.18 Å². The number of carbonyl (C=O) groups excluding carboxylic acids is 1. The van der Waals surface area contributed by atoms with Crippen molar-refractivity contribution in [3.05, 3.63) is 63.4 Å². The predicted molar refractivity (Wildman–Crippen MR) is 96.3 cm³/mol. The molecule has 1 aromatic carbocycles. The largest absolute Gasteiger partial charge is 0.318 e. The van der Waals surface area contributed by atoms with Gasteiger partial charge in [0.1, 0.15) is 11.5 Å². The van der Waals surface area contributed by atoms with E-state index in [2.05, 4.69) is 31.4 Å². The van der Waals surface area contributed by atoms with Crippen LogP contribution in [0.15, 0.2) is 41.3 Å². The number of aromatic nitrogens is 4. The van der Waals surface area contributed by atoms with Crippen LogP contribution in [-0.4, -0.2) is 25.5 Å². The number of halogens is 3. The lowest BCUT2D eigenvalue weighted by Crippen LogP contribution is -2.17. The highest BCUT2D eigenvalue weighted by molar-refractivity contribution is 9.10. The summed E-state index contributed by atoms with van der Waals surface area (Å²) in [5.74, 6) is -0.675. The summed E-state index contributed by atoms with van der Waals surface area (Å²) in [7, 11) is 0. The lowest BCUT2D eigenvalue weighted by molar-refractivity contribution is 0.101. The van der Waals surface area contributed by atoms with Crippen LogP contribution in [-0.2, 0) is 13.1 Å². The minimum absolute atomic E-state index is 0.286. The Morgan fingerprint density at radius 3 is 2.88 bits per heavy atom. The molecule has 2 aromatic heterocycles. The van der Waals surface area contributed by atoms with E-state index >= 15 is 0 Å². The first kappa shape index (κ1) is 17.6. The van der Waals surface area contributed by atoms with Crippen LogP contribution in [0.25, 0.3) is 0 Å². The molecule has 0 aliphatic heterocycles. The summed E-state index contributed by atoms with van der Waals surface area (Å²) >= 11 is 9.35. The number of nitrogens with zero attached hydrogens (tertiary/aromatic N) is 4. The summed E-state index contributed by atoms with van der Waals surface area (Å²) in [6.45, 7) is 2.85. The molecule has 25 heavy (non-hydrogen) atoms. The lowest BCUT2D eigenvalue weighted by atomic mass is 10.2. The molecular weight excluding hydrogens is 413 g/mol. The summed E-state index contributed by atoms with van der Waals surface area (Å²) in [4.78, 5) is 12.4. The van der Waals surface area contributed by atoms with E-state index in [1.807, 2.05) is 6.92 Å². The number of carbonyl (C=O) groups is 1. The van der Waals surface area contributed by atoms with Crippen molar-refractivity contribution in [2.24, 2.45) is 0 Å². The van der Waals surface area contributed by atoms with Gasteiger partial charge in [-0.15, -0.1) is 0 Å². The minimum atomic E-state index is -0.389. The second-order valence-corrected chi connectivity index (χ2v) is 6.53. The highest BCUT2D eigenvalue weighted by Gasteiger charge is 2.17. The highest BCUT2D eigenvalue weighted by atomic mass is 79.9. The fraction of sp³-hybridized carbons (Fsp3) is 0.188. The first-order valence-corrected chi connectivity index (χ1v) is 8.64. The lowest BCUT2D eigenvalue weighted by Gasteiger charge is -2.06. The fourth-order valence-corrected chi connectivity index (χ4v) is 3.06. The maximum absolute atomic E-state index is 13.1. The normalized spacial score (nSPS) is 10.9. The molecule has 0 bridgehead atoms. The highest BCUT2D eigenvalue weighted by Crippen LogP contribution is 2.20. The average Bonchev–Trinajstić information content (AvgIpc) is 3.16. The number of amides is 1. The molecule has 0 fully saturated rings. The number of anilines is 1. The Balaban J connectivity index is 1.73. The van der Waals surface area contributed by atoms with E-state index in [1.54, 1.807) is 27.8 Å². The van der Waals surface area contributed by atoms with Crippen LogP contribution in [0.4, 0.5) is 10.1 Å². The van der Waals surface area contributed by atoms with E-state index < -0.39 is 0 Å². The van der Waals surface area contributed by atoms with Gasteiger partial charge in [0.25, 0.3) is 5.91 Å². The number of benzene rings is 1. The Morgan fingerprint density at radius 1 is 1.36 bits per heavy atom. The van der Waals surface area contributed by atoms with Crippen LogP contribution in [0.3, 0.4) is 0 Å². The monoisotopic (exact) mass is 425 g/mol. The zero-order valence-corrected chi connectivity index (χ0v) is 15.6. The van der Waals surface area contributed by atoms with Gasteiger partial charge in [-0.25, -0.2) is 4.39 Å². The van der Waals surface area contributed by atoms with Crippen molar-refractivity contribution in [3.63, 3.8) is 0 Å². The van der Waals surface area contributed by atoms with E-state index in [0.717, 1.165) is 5.56 Å². The molecule has 3 rings (SSSR count). The number of nitrogens with one attached hydrogen (secondary N) is 1. The van der Waals surface area contributed by atoms with E-state index in [0.29, 0.717) is 34.0 Å². The second kappa shape index (κ2) is 7.37. The van der Waals surface area contributed by atoms with Crippen molar-refractivity contribution in [3.8, 4) is 0 Å². The fourth-order valence-electron chi connectivity index (χ4n) is 2.36. The Kier molecular flexibility index (Phi) is 5.19. The number of hydrogen-bond donors (Lipinski definition) is 1. The molecule has 0 aliphatic rings. The van der Waals surface area contributed by atoms with E-state index in [-0.39, 0.29) is 11.7 Å². The van der Waals surface area contributed by atoms with Crippen LogP contribution >= 0.6 is 27.5 Å². The number of hydrogen-bond acceptors (Lipinski definition) is 3. The van der Waals surface area contributed by atoms with Crippen LogP contribution < -0.4 is 5.32 Å². The Bertz CT molecular complexity index is 923. The molecule has 1 N–H and O–H groups in total. The zero-order chi connectivity index (χ0) is 18.0. The van der Waals surface area contributed by atoms with E-state index in [9.17, 15) is 9.18 Å². The molecule has 130 valence electrons. The molecule has 9 heteroatoms. The van der Waals surface area contributed by atoms with Gasteiger partial charge in [0, 0.05) is 17.8 Å². The third-order valence-electron chi connectivity index (χ3n) is 3.55. The van der Waals surface area contributed by atoms with Crippen molar-refractivity contribution in [2.75, 3.05) is 5.32 Å². The Hall–Kier alpha value is -2.19. The third kappa shape index (κ3) is 3.91. The van der Waals surface area contributed by atoms with Crippen molar-refractivity contribution in [1.29, 1.82) is 0 Å². The average molecular weight is 427 g/mol. The van der Waals surface area contributed by atoms with Gasteiger partial charge in [0.05, 0.1) is 29.1 Å². The van der Waals surface area contributed by atoms with E-state index in [1.165, 1.54) is 18.3 Å². The molecule has 0 aliphatic carbocycles. The van der Waals surface area contributed by atoms with Gasteiger partial charge in [0.2, 0.25) is 0 Å². The predicted octanol–water partition coefficient (Wildman–Crippen LogP) is 3.96. The first-order chi connectivity index (χ1) is 12.0.